The Morgan fingerprint density at radius 3 is 2.59 bits per heavy atom. The first-order chi connectivity index (χ1) is 10.2. The van der Waals surface area contributed by atoms with Gasteiger partial charge in [-0.25, -0.2) is 14.3 Å². The van der Waals surface area contributed by atoms with E-state index in [0.717, 1.165) is 4.68 Å². The fraction of sp³-hybridized carbons (Fsp3) is 0.692. The molecule has 1 aromatic rings. The zero-order chi connectivity index (χ0) is 16.5. The Morgan fingerprint density at radius 2 is 2.14 bits per heavy atom. The van der Waals surface area contributed by atoms with E-state index in [2.05, 4.69) is 10.5 Å². The number of amides is 2. The van der Waals surface area contributed by atoms with Gasteiger partial charge in [0.2, 0.25) is 0 Å². The lowest BCUT2D eigenvalue weighted by Crippen LogP contribution is -2.59. The summed E-state index contributed by atoms with van der Waals surface area (Å²) in [6.07, 6.45) is 1.23. The van der Waals surface area contributed by atoms with Crippen LogP contribution in [0.2, 0.25) is 0 Å². The lowest BCUT2D eigenvalue weighted by molar-refractivity contribution is -0.126. The van der Waals surface area contributed by atoms with E-state index in [0.29, 0.717) is 19.5 Å². The predicted molar refractivity (Wildman–Crippen MR) is 77.9 cm³/mol. The number of carbonyl (C=O) groups excluding carboxylic acids is 2. The summed E-state index contributed by atoms with van der Waals surface area (Å²) in [5.74, 6) is -0.435. The first kappa shape index (κ1) is 16.1. The summed E-state index contributed by atoms with van der Waals surface area (Å²) < 4.78 is 7.47. The van der Waals surface area contributed by atoms with Crippen LogP contribution in [0, 0.1) is 0 Å². The summed E-state index contributed by atoms with van der Waals surface area (Å²) in [6.45, 7) is 7.93. The molecule has 2 heterocycles. The topological polar surface area (TPSA) is 98.5 Å². The monoisotopic (exact) mass is 311 g/mol. The van der Waals surface area contributed by atoms with E-state index in [4.69, 9.17) is 4.74 Å². The maximum Gasteiger partial charge on any atom is 0.410 e. The van der Waals surface area contributed by atoms with Gasteiger partial charge in [-0.15, -0.1) is 0 Å². The number of nitrogens with one attached hydrogen (secondary N) is 1. The molecule has 0 bridgehead atoms. The number of nitrogens with zero attached hydrogens (tertiary/aromatic N) is 4. The van der Waals surface area contributed by atoms with Gasteiger partial charge in [-0.3, -0.25) is 15.1 Å². The fourth-order valence-electron chi connectivity index (χ4n) is 2.02. The average Bonchev–Trinajstić information content (AvgIpc) is 2.66. The van der Waals surface area contributed by atoms with Crippen molar-refractivity contribution in [3.05, 3.63) is 16.8 Å². The van der Waals surface area contributed by atoms with Gasteiger partial charge in [0.25, 0.3) is 5.91 Å². The standard InChI is InChI=1S/C13H21N5O4/c1-5-17-11(20)18(8-14-17)15-10(19)9-6-7-16(9)12(21)22-13(2,3)4/h8-9H,5-7H2,1-4H3,(H,15,19)/t9-/m1/s1. The van der Waals surface area contributed by atoms with Crippen molar-refractivity contribution in [2.45, 2.75) is 52.3 Å². The van der Waals surface area contributed by atoms with Crippen molar-refractivity contribution in [2.24, 2.45) is 0 Å². The van der Waals surface area contributed by atoms with Crippen LogP contribution in [0.5, 0.6) is 0 Å². The van der Waals surface area contributed by atoms with E-state index < -0.39 is 29.3 Å². The summed E-state index contributed by atoms with van der Waals surface area (Å²) in [6, 6.07) is -0.633. The van der Waals surface area contributed by atoms with Crippen molar-refractivity contribution in [2.75, 3.05) is 12.0 Å². The van der Waals surface area contributed by atoms with Gasteiger partial charge >= 0.3 is 11.8 Å². The molecule has 1 aliphatic heterocycles. The number of hydrogen-bond acceptors (Lipinski definition) is 5. The van der Waals surface area contributed by atoms with Crippen LogP contribution in [0.4, 0.5) is 4.79 Å². The lowest BCUT2D eigenvalue weighted by atomic mass is 10.0. The summed E-state index contributed by atoms with van der Waals surface area (Å²) in [4.78, 5) is 37.3. The maximum absolute atomic E-state index is 12.2. The molecule has 1 aromatic heterocycles. The van der Waals surface area contributed by atoms with Crippen LogP contribution in [0.25, 0.3) is 0 Å². The largest absolute Gasteiger partial charge is 0.444 e. The summed E-state index contributed by atoms with van der Waals surface area (Å²) in [7, 11) is 0. The molecule has 9 heteroatoms. The lowest BCUT2D eigenvalue weighted by Gasteiger charge is -2.39. The van der Waals surface area contributed by atoms with E-state index in [1.165, 1.54) is 15.9 Å². The third-order valence-corrected chi connectivity index (χ3v) is 3.21. The van der Waals surface area contributed by atoms with Crippen LogP contribution < -0.4 is 11.1 Å². The SMILES string of the molecule is CCn1ncn(NC(=O)[C@H]2CCN2C(=O)OC(C)(C)C)c1=O. The molecular formula is C13H21N5O4. The quantitative estimate of drug-likeness (QED) is 0.856. The number of rotatable bonds is 3. The van der Waals surface area contributed by atoms with Gasteiger partial charge in [0, 0.05) is 13.1 Å². The molecule has 1 aliphatic rings. The number of aryl methyl sites for hydroxylation is 1. The van der Waals surface area contributed by atoms with Gasteiger partial charge in [-0.2, -0.15) is 9.77 Å². The molecule has 22 heavy (non-hydrogen) atoms. The molecule has 0 spiro atoms. The molecule has 1 atom stereocenters. The first-order valence-electron chi connectivity index (χ1n) is 7.18. The highest BCUT2D eigenvalue weighted by Gasteiger charge is 2.40. The van der Waals surface area contributed by atoms with Crippen LogP contribution in [0.3, 0.4) is 0 Å². The molecule has 122 valence electrons. The van der Waals surface area contributed by atoms with Crippen molar-refractivity contribution >= 4 is 12.0 Å². The Balaban J connectivity index is 1.99. The highest BCUT2D eigenvalue weighted by Crippen LogP contribution is 2.21. The number of ether oxygens (including phenoxy) is 1. The zero-order valence-corrected chi connectivity index (χ0v) is 13.2. The number of carbonyl (C=O) groups is 2. The van der Waals surface area contributed by atoms with Gasteiger partial charge in [-0.1, -0.05) is 0 Å². The van der Waals surface area contributed by atoms with Gasteiger partial charge in [0.15, 0.2) is 0 Å². The van der Waals surface area contributed by atoms with E-state index in [-0.39, 0.29) is 0 Å². The van der Waals surface area contributed by atoms with Crippen LogP contribution in [-0.2, 0) is 16.1 Å². The highest BCUT2D eigenvalue weighted by molar-refractivity contribution is 5.92. The van der Waals surface area contributed by atoms with Crippen LogP contribution in [0.1, 0.15) is 34.1 Å². The smallest absolute Gasteiger partial charge is 0.410 e. The molecule has 0 radical (unpaired) electrons. The molecule has 9 nitrogen and oxygen atoms in total. The molecular weight excluding hydrogens is 290 g/mol. The summed E-state index contributed by atoms with van der Waals surface area (Å²) in [5, 5.41) is 3.84. The molecule has 1 N–H and O–H groups in total. The Hall–Kier alpha value is -2.32. The van der Waals surface area contributed by atoms with Crippen LogP contribution in [0.15, 0.2) is 11.1 Å². The van der Waals surface area contributed by atoms with Crippen LogP contribution >= 0.6 is 0 Å². The second-order valence-corrected chi connectivity index (χ2v) is 6.05. The Labute approximate surface area is 127 Å². The maximum atomic E-state index is 12.2. The van der Waals surface area contributed by atoms with Gasteiger partial charge in [0.1, 0.15) is 18.0 Å². The zero-order valence-electron chi connectivity index (χ0n) is 13.2. The minimum atomic E-state index is -0.633. The molecule has 0 unspecified atom stereocenters. The third kappa shape index (κ3) is 3.29. The van der Waals surface area contributed by atoms with Gasteiger partial charge in [0.05, 0.1) is 0 Å². The van der Waals surface area contributed by atoms with E-state index >= 15 is 0 Å². The first-order valence-corrected chi connectivity index (χ1v) is 7.18. The molecule has 1 saturated heterocycles. The number of likely N-dealkylation sites (tertiary alicyclic amines) is 1. The Morgan fingerprint density at radius 1 is 1.45 bits per heavy atom. The van der Waals surface area contributed by atoms with Crippen LogP contribution in [-0.4, -0.2) is 49.5 Å². The number of hydrogen-bond donors (Lipinski definition) is 1. The molecule has 0 aliphatic carbocycles. The summed E-state index contributed by atoms with van der Waals surface area (Å²) in [5.41, 5.74) is 1.40. The highest BCUT2D eigenvalue weighted by atomic mass is 16.6. The normalized spacial score (nSPS) is 17.8. The minimum absolute atomic E-state index is 0.412. The van der Waals surface area contributed by atoms with E-state index in [1.54, 1.807) is 27.7 Å². The van der Waals surface area contributed by atoms with Crippen molar-refractivity contribution < 1.29 is 14.3 Å². The third-order valence-electron chi connectivity index (χ3n) is 3.21. The van der Waals surface area contributed by atoms with Gasteiger partial charge < -0.3 is 4.74 Å². The van der Waals surface area contributed by atoms with Crippen molar-refractivity contribution in [3.63, 3.8) is 0 Å². The van der Waals surface area contributed by atoms with Gasteiger partial charge in [-0.05, 0) is 34.1 Å². The number of aromatic nitrogens is 3. The van der Waals surface area contributed by atoms with Crippen molar-refractivity contribution in [1.29, 1.82) is 0 Å². The molecule has 2 rings (SSSR count). The second-order valence-electron chi connectivity index (χ2n) is 6.05. The minimum Gasteiger partial charge on any atom is -0.444 e. The second kappa shape index (κ2) is 5.82. The molecule has 1 fully saturated rings. The average molecular weight is 311 g/mol. The summed E-state index contributed by atoms with van der Waals surface area (Å²) >= 11 is 0. The molecule has 0 saturated carbocycles. The van der Waals surface area contributed by atoms with Crippen molar-refractivity contribution in [1.82, 2.24) is 19.4 Å². The predicted octanol–water partition coefficient (Wildman–Crippen LogP) is 0.144. The molecule has 2 amide bonds. The van der Waals surface area contributed by atoms with Crippen molar-refractivity contribution in [3.8, 4) is 0 Å². The van der Waals surface area contributed by atoms with E-state index in [9.17, 15) is 14.4 Å². The fourth-order valence-corrected chi connectivity index (χ4v) is 2.02. The molecule has 0 aromatic carbocycles. The Kier molecular flexibility index (Phi) is 4.25. The Bertz CT molecular complexity index is 627. The van der Waals surface area contributed by atoms with E-state index in [1.807, 2.05) is 0 Å².